The molecule has 2 heterocycles. The number of carbonyl (C=O) groups is 1. The van der Waals surface area contributed by atoms with Crippen LogP contribution in [0, 0.1) is 6.92 Å². The first kappa shape index (κ1) is 20.4. The molecule has 0 spiro atoms. The van der Waals surface area contributed by atoms with Crippen molar-refractivity contribution >= 4 is 23.2 Å². The number of carbonyl (C=O) groups excluding carboxylic acids is 1. The Balaban J connectivity index is 1.45. The number of aromatic nitrogens is 2. The van der Waals surface area contributed by atoms with Gasteiger partial charge in [0.15, 0.2) is 0 Å². The summed E-state index contributed by atoms with van der Waals surface area (Å²) in [6.45, 7) is 5.27. The zero-order chi connectivity index (χ0) is 21.1. The highest BCUT2D eigenvalue weighted by atomic mass is 35.5. The predicted octanol–water partition coefficient (Wildman–Crippen LogP) is 5.40. The molecule has 1 saturated heterocycles. The molecule has 4 rings (SSSR count). The fraction of sp³-hybridized carbons (Fsp3) is 0.348. The molecule has 2 aromatic carbocycles. The maximum Gasteiger partial charge on any atom is 0.232 e. The maximum atomic E-state index is 12.6. The van der Waals surface area contributed by atoms with Gasteiger partial charge in [0, 0.05) is 29.2 Å². The smallest absolute Gasteiger partial charge is 0.232 e. The number of ether oxygens (including phenoxy) is 1. The molecule has 1 unspecified atom stereocenters. The SMILES string of the molecule is CCCCOc1ccc(-c2noc(C3CC(=O)N(c4ccc(Cl)c(C)c4)C3)n2)cc1. The number of unbranched alkanes of at least 4 members (excludes halogenated alkanes) is 1. The molecule has 0 bridgehead atoms. The summed E-state index contributed by atoms with van der Waals surface area (Å²) in [5.41, 5.74) is 2.62. The monoisotopic (exact) mass is 425 g/mol. The number of halogens is 1. The first-order chi connectivity index (χ1) is 14.5. The number of nitrogens with zero attached hydrogens (tertiary/aromatic N) is 3. The van der Waals surface area contributed by atoms with Crippen molar-refractivity contribution in [3.63, 3.8) is 0 Å². The number of aryl methyl sites for hydroxylation is 1. The van der Waals surface area contributed by atoms with E-state index in [1.165, 1.54) is 0 Å². The number of hydrogen-bond donors (Lipinski definition) is 0. The average molecular weight is 426 g/mol. The quantitative estimate of drug-likeness (QED) is 0.474. The van der Waals surface area contributed by atoms with E-state index in [0.717, 1.165) is 35.4 Å². The molecule has 30 heavy (non-hydrogen) atoms. The van der Waals surface area contributed by atoms with Crippen molar-refractivity contribution < 1.29 is 14.1 Å². The standard InChI is InChI=1S/C23H24ClN3O3/c1-3-4-11-29-19-8-5-16(6-9-19)22-25-23(30-26-22)17-13-21(28)27(14-17)18-7-10-20(24)15(2)12-18/h5-10,12,17H,3-4,11,13-14H2,1-2H3. The molecular formula is C23H24ClN3O3. The fourth-order valence-electron chi connectivity index (χ4n) is 3.47. The molecule has 0 aliphatic carbocycles. The highest BCUT2D eigenvalue weighted by Gasteiger charge is 2.35. The van der Waals surface area contributed by atoms with Crippen molar-refractivity contribution in [3.05, 3.63) is 58.9 Å². The lowest BCUT2D eigenvalue weighted by Crippen LogP contribution is -2.24. The van der Waals surface area contributed by atoms with E-state index in [2.05, 4.69) is 17.1 Å². The second kappa shape index (κ2) is 8.88. The molecule has 7 heteroatoms. The number of benzene rings is 2. The summed E-state index contributed by atoms with van der Waals surface area (Å²) < 4.78 is 11.2. The predicted molar refractivity (Wildman–Crippen MR) is 116 cm³/mol. The first-order valence-corrected chi connectivity index (χ1v) is 10.6. The Labute approximate surface area is 180 Å². The van der Waals surface area contributed by atoms with Gasteiger partial charge in [0.25, 0.3) is 0 Å². The number of anilines is 1. The van der Waals surface area contributed by atoms with Crippen LogP contribution in [0.15, 0.2) is 47.0 Å². The molecule has 156 valence electrons. The third-order valence-corrected chi connectivity index (χ3v) is 5.67. The van der Waals surface area contributed by atoms with Crippen LogP contribution in [-0.2, 0) is 4.79 Å². The minimum absolute atomic E-state index is 0.0371. The second-order valence-electron chi connectivity index (χ2n) is 7.52. The van der Waals surface area contributed by atoms with Gasteiger partial charge in [0.2, 0.25) is 17.6 Å². The molecule has 0 saturated carbocycles. The van der Waals surface area contributed by atoms with Crippen molar-refractivity contribution in [1.82, 2.24) is 10.1 Å². The van der Waals surface area contributed by atoms with E-state index in [1.807, 2.05) is 49.4 Å². The Morgan fingerprint density at radius 1 is 1.23 bits per heavy atom. The van der Waals surface area contributed by atoms with Gasteiger partial charge in [-0.3, -0.25) is 4.79 Å². The van der Waals surface area contributed by atoms with Crippen LogP contribution in [0.4, 0.5) is 5.69 Å². The van der Waals surface area contributed by atoms with Gasteiger partial charge in [-0.15, -0.1) is 0 Å². The lowest BCUT2D eigenvalue weighted by molar-refractivity contribution is -0.117. The number of rotatable bonds is 7. The minimum Gasteiger partial charge on any atom is -0.494 e. The summed E-state index contributed by atoms with van der Waals surface area (Å²) in [5.74, 6) is 1.72. The Kier molecular flexibility index (Phi) is 6.04. The van der Waals surface area contributed by atoms with Gasteiger partial charge in [0.1, 0.15) is 5.75 Å². The van der Waals surface area contributed by atoms with Crippen molar-refractivity contribution in [2.75, 3.05) is 18.1 Å². The van der Waals surface area contributed by atoms with E-state index < -0.39 is 0 Å². The van der Waals surface area contributed by atoms with Gasteiger partial charge in [0.05, 0.1) is 12.5 Å². The van der Waals surface area contributed by atoms with E-state index in [9.17, 15) is 4.79 Å². The summed E-state index contributed by atoms with van der Waals surface area (Å²) in [6.07, 6.45) is 2.47. The maximum absolute atomic E-state index is 12.6. The Bertz CT molecular complexity index is 1030. The van der Waals surface area contributed by atoms with Gasteiger partial charge in [-0.2, -0.15) is 4.98 Å². The largest absolute Gasteiger partial charge is 0.494 e. The third kappa shape index (κ3) is 4.33. The molecule has 1 aliphatic rings. The van der Waals surface area contributed by atoms with Crippen molar-refractivity contribution in [1.29, 1.82) is 0 Å². The fourth-order valence-corrected chi connectivity index (χ4v) is 3.59. The van der Waals surface area contributed by atoms with E-state index in [1.54, 1.807) is 4.90 Å². The lowest BCUT2D eigenvalue weighted by Gasteiger charge is -2.17. The van der Waals surface area contributed by atoms with Crippen LogP contribution in [-0.4, -0.2) is 29.2 Å². The molecule has 1 aromatic heterocycles. The van der Waals surface area contributed by atoms with Crippen LogP contribution < -0.4 is 9.64 Å². The van der Waals surface area contributed by atoms with Crippen LogP contribution in [0.2, 0.25) is 5.02 Å². The van der Waals surface area contributed by atoms with Gasteiger partial charge in [-0.1, -0.05) is 30.1 Å². The van der Waals surface area contributed by atoms with Crippen molar-refractivity contribution in [2.24, 2.45) is 0 Å². The van der Waals surface area contributed by atoms with E-state index in [-0.39, 0.29) is 11.8 Å². The van der Waals surface area contributed by atoms with Gasteiger partial charge in [-0.25, -0.2) is 0 Å². The van der Waals surface area contributed by atoms with E-state index >= 15 is 0 Å². The lowest BCUT2D eigenvalue weighted by atomic mass is 10.1. The topological polar surface area (TPSA) is 68.5 Å². The number of hydrogen-bond acceptors (Lipinski definition) is 5. The van der Waals surface area contributed by atoms with Gasteiger partial charge >= 0.3 is 0 Å². The molecule has 3 aromatic rings. The van der Waals surface area contributed by atoms with Crippen LogP contribution in [0.1, 0.15) is 43.6 Å². The van der Waals surface area contributed by atoms with Crippen LogP contribution in [0.5, 0.6) is 5.75 Å². The summed E-state index contributed by atoms with van der Waals surface area (Å²) in [7, 11) is 0. The Morgan fingerprint density at radius 2 is 2.03 bits per heavy atom. The van der Waals surface area contributed by atoms with Crippen LogP contribution >= 0.6 is 11.6 Å². The molecule has 1 amide bonds. The Morgan fingerprint density at radius 3 is 2.77 bits per heavy atom. The van der Waals surface area contributed by atoms with Crippen LogP contribution in [0.25, 0.3) is 11.4 Å². The first-order valence-electron chi connectivity index (χ1n) is 10.2. The summed E-state index contributed by atoms with van der Waals surface area (Å²) in [6, 6.07) is 13.2. The summed E-state index contributed by atoms with van der Waals surface area (Å²) in [4.78, 5) is 18.9. The second-order valence-corrected chi connectivity index (χ2v) is 7.93. The highest BCUT2D eigenvalue weighted by Crippen LogP contribution is 2.33. The molecule has 1 aliphatic heterocycles. The third-order valence-electron chi connectivity index (χ3n) is 5.25. The Hall–Kier alpha value is -2.86. The average Bonchev–Trinajstić information content (AvgIpc) is 3.38. The normalized spacial score (nSPS) is 16.3. The van der Waals surface area contributed by atoms with Gasteiger partial charge < -0.3 is 14.2 Å². The van der Waals surface area contributed by atoms with E-state index in [4.69, 9.17) is 20.9 Å². The van der Waals surface area contributed by atoms with Gasteiger partial charge in [-0.05, 0) is 61.4 Å². The zero-order valence-electron chi connectivity index (χ0n) is 17.1. The summed E-state index contributed by atoms with van der Waals surface area (Å²) >= 11 is 6.11. The summed E-state index contributed by atoms with van der Waals surface area (Å²) in [5, 5.41) is 4.80. The molecular weight excluding hydrogens is 402 g/mol. The number of amides is 1. The molecule has 0 N–H and O–H groups in total. The van der Waals surface area contributed by atoms with Crippen molar-refractivity contribution in [2.45, 2.75) is 39.0 Å². The minimum atomic E-state index is -0.133. The zero-order valence-corrected chi connectivity index (χ0v) is 17.9. The molecule has 1 fully saturated rings. The van der Waals surface area contributed by atoms with Crippen LogP contribution in [0.3, 0.4) is 0 Å². The molecule has 1 atom stereocenters. The molecule has 6 nitrogen and oxygen atoms in total. The molecule has 0 radical (unpaired) electrons. The van der Waals surface area contributed by atoms with E-state index in [0.29, 0.717) is 36.3 Å². The highest BCUT2D eigenvalue weighted by molar-refractivity contribution is 6.31. The van der Waals surface area contributed by atoms with Crippen molar-refractivity contribution in [3.8, 4) is 17.1 Å².